The van der Waals surface area contributed by atoms with Crippen LogP contribution in [0.2, 0.25) is 0 Å². The number of methoxy groups -OCH3 is 1. The number of benzene rings is 3. The van der Waals surface area contributed by atoms with Crippen LogP contribution in [0, 0.1) is 0 Å². The van der Waals surface area contributed by atoms with Gasteiger partial charge in [-0.25, -0.2) is 5.01 Å². The van der Waals surface area contributed by atoms with Crippen LogP contribution in [0.25, 0.3) is 5.70 Å². The Morgan fingerprint density at radius 1 is 1.03 bits per heavy atom. The fourth-order valence-electron chi connectivity index (χ4n) is 3.96. The van der Waals surface area contributed by atoms with E-state index in [1.165, 1.54) is 11.8 Å². The molecule has 0 unspecified atom stereocenters. The predicted octanol–water partition coefficient (Wildman–Crippen LogP) is 3.17. The number of hydrogen-bond acceptors (Lipinski definition) is 7. The number of carbonyl (C=O) groups is 1. The van der Waals surface area contributed by atoms with Crippen LogP contribution >= 0.6 is 11.8 Å². The molecule has 2 heterocycles. The summed E-state index contributed by atoms with van der Waals surface area (Å²) >= 11 is 1.48. The first kappa shape index (κ1) is 22.0. The summed E-state index contributed by atoms with van der Waals surface area (Å²) in [5.74, 6) is 1.77. The first-order chi connectivity index (χ1) is 16.7. The van der Waals surface area contributed by atoms with Gasteiger partial charge in [0.05, 0.1) is 19.1 Å². The van der Waals surface area contributed by atoms with Crippen LogP contribution in [-0.2, 0) is 10.5 Å². The van der Waals surface area contributed by atoms with Crippen molar-refractivity contribution in [2.45, 2.75) is 18.8 Å². The fourth-order valence-corrected chi connectivity index (χ4v) is 4.76. The van der Waals surface area contributed by atoms with Crippen molar-refractivity contribution in [1.82, 2.24) is 10.3 Å². The van der Waals surface area contributed by atoms with Crippen molar-refractivity contribution in [3.8, 4) is 11.5 Å². The number of rotatable bonds is 6. The van der Waals surface area contributed by atoms with E-state index in [1.54, 1.807) is 12.1 Å². The second kappa shape index (κ2) is 9.61. The lowest BCUT2D eigenvalue weighted by molar-refractivity contribution is -0.116. The molecule has 8 heteroatoms. The molecule has 3 aromatic rings. The molecular weight excluding hydrogens is 448 g/mol. The van der Waals surface area contributed by atoms with Crippen LogP contribution in [-0.4, -0.2) is 29.8 Å². The molecule has 34 heavy (non-hydrogen) atoms. The molecule has 0 spiro atoms. The molecule has 3 aromatic carbocycles. The average Bonchev–Trinajstić information content (AvgIpc) is 2.87. The molecule has 7 nitrogen and oxygen atoms in total. The first-order valence-corrected chi connectivity index (χ1v) is 12.0. The number of amidine groups is 1. The van der Waals surface area contributed by atoms with Crippen LogP contribution in [0.15, 0.2) is 82.9 Å². The molecule has 1 N–H and O–H groups in total. The molecule has 0 saturated carbocycles. The fraction of sp³-hybridized carbons (Fsp3) is 0.192. The van der Waals surface area contributed by atoms with Gasteiger partial charge in [0.1, 0.15) is 5.70 Å². The molecule has 1 atom stereocenters. The van der Waals surface area contributed by atoms with Crippen molar-refractivity contribution in [3.63, 3.8) is 0 Å². The summed E-state index contributed by atoms with van der Waals surface area (Å²) in [6.07, 6.45) is -0.520. The predicted molar refractivity (Wildman–Crippen MR) is 133 cm³/mol. The van der Waals surface area contributed by atoms with Gasteiger partial charge in [-0.2, -0.15) is 0 Å². The SMILES string of the molecule is CCOc1cc([C@H]2N=c3ccccc3=C3C(=O)NC(SCc4ccccc4)=NN32)ccc1OC. The number of amides is 1. The van der Waals surface area contributed by atoms with Crippen molar-refractivity contribution in [2.24, 2.45) is 10.1 Å². The third kappa shape index (κ3) is 4.24. The molecule has 1 amide bonds. The van der Waals surface area contributed by atoms with Gasteiger partial charge in [0, 0.05) is 16.5 Å². The van der Waals surface area contributed by atoms with Crippen molar-refractivity contribution in [1.29, 1.82) is 0 Å². The third-order valence-electron chi connectivity index (χ3n) is 5.52. The highest BCUT2D eigenvalue weighted by molar-refractivity contribution is 8.13. The van der Waals surface area contributed by atoms with Crippen LogP contribution in [0.4, 0.5) is 0 Å². The number of ether oxygens (including phenoxy) is 2. The molecule has 2 aliphatic heterocycles. The summed E-state index contributed by atoms with van der Waals surface area (Å²) in [6, 6.07) is 23.4. The summed E-state index contributed by atoms with van der Waals surface area (Å²) in [7, 11) is 1.61. The lowest BCUT2D eigenvalue weighted by Crippen LogP contribution is -2.50. The molecule has 172 valence electrons. The Morgan fingerprint density at radius 2 is 1.82 bits per heavy atom. The number of thioether (sulfide) groups is 1. The second-order valence-corrected chi connectivity index (χ2v) is 8.65. The third-order valence-corrected chi connectivity index (χ3v) is 6.45. The largest absolute Gasteiger partial charge is 0.493 e. The number of para-hydroxylation sites is 1. The molecule has 0 bridgehead atoms. The highest BCUT2D eigenvalue weighted by Crippen LogP contribution is 2.36. The first-order valence-electron chi connectivity index (χ1n) is 11.0. The van der Waals surface area contributed by atoms with Gasteiger partial charge in [-0.15, -0.1) is 5.10 Å². The van der Waals surface area contributed by atoms with E-state index in [2.05, 4.69) is 17.4 Å². The Hall–Kier alpha value is -3.78. The summed E-state index contributed by atoms with van der Waals surface area (Å²) < 4.78 is 11.2. The molecule has 5 rings (SSSR count). The van der Waals surface area contributed by atoms with Gasteiger partial charge in [0.15, 0.2) is 22.8 Å². The maximum absolute atomic E-state index is 13.3. The van der Waals surface area contributed by atoms with Gasteiger partial charge in [0.25, 0.3) is 5.91 Å². The molecule has 0 fully saturated rings. The van der Waals surface area contributed by atoms with E-state index in [-0.39, 0.29) is 5.91 Å². The van der Waals surface area contributed by atoms with Gasteiger partial charge >= 0.3 is 0 Å². The zero-order chi connectivity index (χ0) is 23.5. The van der Waals surface area contributed by atoms with Gasteiger partial charge in [-0.05, 0) is 30.7 Å². The minimum Gasteiger partial charge on any atom is -0.493 e. The Labute approximate surface area is 201 Å². The van der Waals surface area contributed by atoms with Crippen LogP contribution in [0.5, 0.6) is 11.5 Å². The number of nitrogens with zero attached hydrogens (tertiary/aromatic N) is 3. The average molecular weight is 473 g/mol. The van der Waals surface area contributed by atoms with E-state index in [0.717, 1.165) is 21.7 Å². The zero-order valence-electron chi connectivity index (χ0n) is 18.9. The smallest absolute Gasteiger partial charge is 0.276 e. The molecule has 0 aromatic heterocycles. The quantitative estimate of drug-likeness (QED) is 0.597. The molecular formula is C26H24N4O3S. The van der Waals surface area contributed by atoms with Crippen molar-refractivity contribution in [3.05, 3.63) is 94.5 Å². The highest BCUT2D eigenvalue weighted by atomic mass is 32.2. The Morgan fingerprint density at radius 3 is 2.62 bits per heavy atom. The molecule has 0 radical (unpaired) electrons. The molecule has 0 saturated heterocycles. The highest BCUT2D eigenvalue weighted by Gasteiger charge is 2.34. The van der Waals surface area contributed by atoms with Crippen molar-refractivity contribution < 1.29 is 14.3 Å². The lowest BCUT2D eigenvalue weighted by atomic mass is 10.1. The monoisotopic (exact) mass is 472 g/mol. The van der Waals surface area contributed by atoms with E-state index in [0.29, 0.717) is 34.7 Å². The topological polar surface area (TPSA) is 75.5 Å². The standard InChI is InChI=1S/C26H24N4O3S/c1-3-33-22-15-18(13-14-21(22)32-2)24-27-20-12-8-7-11-19(20)23-25(31)28-26(29-30(23)24)34-16-17-9-5-4-6-10-17/h4-15,24H,3,16H2,1-2H3,(H,28,29,31)/t24-/m0/s1. The van der Waals surface area contributed by atoms with E-state index in [9.17, 15) is 4.79 Å². The Bertz CT molecular complexity index is 1370. The second-order valence-electron chi connectivity index (χ2n) is 7.69. The minimum absolute atomic E-state index is 0.198. The lowest BCUT2D eigenvalue weighted by Gasteiger charge is -2.34. The number of hydrazone groups is 1. The molecule has 2 aliphatic rings. The van der Waals surface area contributed by atoms with E-state index in [1.807, 2.05) is 67.6 Å². The van der Waals surface area contributed by atoms with Crippen molar-refractivity contribution in [2.75, 3.05) is 13.7 Å². The minimum atomic E-state index is -0.520. The number of carbonyl (C=O) groups excluding carboxylic acids is 1. The van der Waals surface area contributed by atoms with Crippen LogP contribution < -0.4 is 25.4 Å². The summed E-state index contributed by atoms with van der Waals surface area (Å²) in [5, 5.41) is 11.5. The Balaban J connectivity index is 1.58. The normalized spacial score (nSPS) is 16.6. The number of nitrogens with one attached hydrogen (secondary N) is 1. The van der Waals surface area contributed by atoms with Crippen LogP contribution in [0.1, 0.15) is 24.2 Å². The number of hydrogen-bond donors (Lipinski definition) is 1. The van der Waals surface area contributed by atoms with Crippen LogP contribution in [0.3, 0.4) is 0 Å². The van der Waals surface area contributed by atoms with Gasteiger partial charge in [-0.1, -0.05) is 66.4 Å². The van der Waals surface area contributed by atoms with Gasteiger partial charge < -0.3 is 9.47 Å². The van der Waals surface area contributed by atoms with Crippen molar-refractivity contribution >= 4 is 28.5 Å². The summed E-state index contributed by atoms with van der Waals surface area (Å²) in [4.78, 5) is 18.2. The summed E-state index contributed by atoms with van der Waals surface area (Å²) in [6.45, 7) is 2.43. The van der Waals surface area contributed by atoms with Gasteiger partial charge in [0.2, 0.25) is 0 Å². The van der Waals surface area contributed by atoms with E-state index < -0.39 is 6.17 Å². The molecule has 0 aliphatic carbocycles. The number of fused-ring (bicyclic) bond motifs is 2. The summed E-state index contributed by atoms with van der Waals surface area (Å²) in [5.41, 5.74) is 2.48. The van der Waals surface area contributed by atoms with E-state index >= 15 is 0 Å². The van der Waals surface area contributed by atoms with E-state index in [4.69, 9.17) is 19.6 Å². The maximum atomic E-state index is 13.3. The zero-order valence-corrected chi connectivity index (χ0v) is 19.7. The Kier molecular flexibility index (Phi) is 6.22. The van der Waals surface area contributed by atoms with Gasteiger partial charge in [-0.3, -0.25) is 15.1 Å². The maximum Gasteiger partial charge on any atom is 0.276 e.